The first-order valence-electron chi connectivity index (χ1n) is 8.35. The summed E-state index contributed by atoms with van der Waals surface area (Å²) in [7, 11) is 1.84. The zero-order chi connectivity index (χ0) is 18.4. The molecule has 4 rings (SSSR count). The Bertz CT molecular complexity index is 997. The van der Waals surface area contributed by atoms with Crippen molar-refractivity contribution in [2.24, 2.45) is 13.0 Å². The van der Waals surface area contributed by atoms with Gasteiger partial charge in [-0.3, -0.25) is 9.78 Å². The Morgan fingerprint density at radius 3 is 2.77 bits per heavy atom. The van der Waals surface area contributed by atoms with Gasteiger partial charge in [0.2, 0.25) is 0 Å². The molecule has 0 bridgehead atoms. The van der Waals surface area contributed by atoms with Gasteiger partial charge < -0.3 is 9.88 Å². The third-order valence-electron chi connectivity index (χ3n) is 4.65. The molecule has 6 nitrogen and oxygen atoms in total. The molecular formula is C18H17ClFN5O. The van der Waals surface area contributed by atoms with E-state index in [1.165, 1.54) is 12.3 Å². The van der Waals surface area contributed by atoms with Crippen molar-refractivity contribution >= 4 is 28.5 Å². The van der Waals surface area contributed by atoms with Gasteiger partial charge in [0.05, 0.1) is 23.4 Å². The summed E-state index contributed by atoms with van der Waals surface area (Å²) >= 11 is 6.07. The SMILES string of the molecule is Cc1cnc(C(=O)N[C@H](c2nc3c(Cl)c(F)ccc3n2C)C2CC2)cn1. The number of aromatic nitrogens is 4. The van der Waals surface area contributed by atoms with Crippen molar-refractivity contribution in [2.45, 2.75) is 25.8 Å². The summed E-state index contributed by atoms with van der Waals surface area (Å²) in [5.41, 5.74) is 2.12. The maximum Gasteiger partial charge on any atom is 0.272 e. The van der Waals surface area contributed by atoms with Crippen LogP contribution in [0.1, 0.15) is 40.9 Å². The fourth-order valence-corrected chi connectivity index (χ4v) is 3.25. The molecule has 1 amide bonds. The largest absolute Gasteiger partial charge is 0.340 e. The molecule has 1 fully saturated rings. The maximum absolute atomic E-state index is 13.8. The minimum atomic E-state index is -0.509. The van der Waals surface area contributed by atoms with E-state index in [9.17, 15) is 9.18 Å². The molecule has 1 aliphatic carbocycles. The molecule has 1 atom stereocenters. The number of benzene rings is 1. The van der Waals surface area contributed by atoms with E-state index in [2.05, 4.69) is 20.3 Å². The van der Waals surface area contributed by atoms with Crippen molar-refractivity contribution in [3.63, 3.8) is 0 Å². The number of nitrogens with one attached hydrogen (secondary N) is 1. The lowest BCUT2D eigenvalue weighted by molar-refractivity contribution is 0.0923. The number of hydrogen-bond acceptors (Lipinski definition) is 4. The summed E-state index contributed by atoms with van der Waals surface area (Å²) < 4.78 is 15.6. The van der Waals surface area contributed by atoms with Gasteiger partial charge in [0, 0.05) is 13.2 Å². The van der Waals surface area contributed by atoms with E-state index in [-0.39, 0.29) is 28.6 Å². The van der Waals surface area contributed by atoms with Crippen LogP contribution in [-0.2, 0) is 7.05 Å². The summed E-state index contributed by atoms with van der Waals surface area (Å²) in [5.74, 6) is 0.129. The zero-order valence-corrected chi connectivity index (χ0v) is 15.1. The van der Waals surface area contributed by atoms with E-state index >= 15 is 0 Å². The maximum atomic E-state index is 13.8. The number of rotatable bonds is 4. The molecule has 0 saturated heterocycles. The fourth-order valence-electron chi connectivity index (χ4n) is 3.05. The second-order valence-electron chi connectivity index (χ2n) is 6.59. The molecule has 3 aromatic rings. The predicted octanol–water partition coefficient (Wildman–Crippen LogP) is 3.35. The first-order chi connectivity index (χ1) is 12.5. The number of carbonyl (C=O) groups is 1. The van der Waals surface area contributed by atoms with E-state index in [1.54, 1.807) is 12.3 Å². The van der Waals surface area contributed by atoms with Crippen molar-refractivity contribution in [3.05, 3.63) is 52.6 Å². The molecule has 8 heteroatoms. The number of nitrogens with zero attached hydrogens (tertiary/aromatic N) is 4. The summed E-state index contributed by atoms with van der Waals surface area (Å²) in [6.07, 6.45) is 5.00. The van der Waals surface area contributed by atoms with Gasteiger partial charge in [-0.1, -0.05) is 11.6 Å². The van der Waals surface area contributed by atoms with Crippen LogP contribution in [0.25, 0.3) is 11.0 Å². The smallest absolute Gasteiger partial charge is 0.272 e. The van der Waals surface area contributed by atoms with Crippen LogP contribution < -0.4 is 5.32 Å². The van der Waals surface area contributed by atoms with Crippen molar-refractivity contribution < 1.29 is 9.18 Å². The van der Waals surface area contributed by atoms with E-state index < -0.39 is 5.82 Å². The van der Waals surface area contributed by atoms with Crippen LogP contribution in [0.5, 0.6) is 0 Å². The fraction of sp³-hybridized carbons (Fsp3) is 0.333. The quantitative estimate of drug-likeness (QED) is 0.761. The van der Waals surface area contributed by atoms with Crippen molar-refractivity contribution in [2.75, 3.05) is 0 Å². The van der Waals surface area contributed by atoms with Gasteiger partial charge in [0.25, 0.3) is 5.91 Å². The van der Waals surface area contributed by atoms with Crippen LogP contribution in [0, 0.1) is 18.7 Å². The lowest BCUT2D eigenvalue weighted by Gasteiger charge is -2.18. The van der Waals surface area contributed by atoms with Crippen LogP contribution in [0.3, 0.4) is 0 Å². The lowest BCUT2D eigenvalue weighted by atomic mass is 10.1. The van der Waals surface area contributed by atoms with E-state index in [4.69, 9.17) is 11.6 Å². The highest BCUT2D eigenvalue weighted by atomic mass is 35.5. The normalized spacial score (nSPS) is 15.2. The third-order valence-corrected chi connectivity index (χ3v) is 5.01. The Balaban J connectivity index is 1.70. The van der Waals surface area contributed by atoms with Crippen LogP contribution in [0.2, 0.25) is 5.02 Å². The third kappa shape index (κ3) is 2.92. The van der Waals surface area contributed by atoms with E-state index in [0.29, 0.717) is 11.3 Å². The highest BCUT2D eigenvalue weighted by Crippen LogP contribution is 2.42. The Morgan fingerprint density at radius 1 is 1.35 bits per heavy atom. The monoisotopic (exact) mass is 373 g/mol. The van der Waals surface area contributed by atoms with Crippen molar-refractivity contribution in [1.82, 2.24) is 24.8 Å². The van der Waals surface area contributed by atoms with Gasteiger partial charge >= 0.3 is 0 Å². The highest BCUT2D eigenvalue weighted by molar-refractivity contribution is 6.35. The second kappa shape index (κ2) is 6.32. The molecule has 2 aromatic heterocycles. The molecule has 0 radical (unpaired) electrons. The number of amides is 1. The number of imidazole rings is 1. The van der Waals surface area contributed by atoms with Crippen molar-refractivity contribution in [1.29, 1.82) is 0 Å². The lowest BCUT2D eigenvalue weighted by Crippen LogP contribution is -2.32. The first-order valence-corrected chi connectivity index (χ1v) is 8.73. The van der Waals surface area contributed by atoms with E-state index in [0.717, 1.165) is 24.1 Å². The van der Waals surface area contributed by atoms with Gasteiger partial charge in [0.1, 0.15) is 27.9 Å². The molecule has 26 heavy (non-hydrogen) atoms. The molecule has 0 unspecified atom stereocenters. The summed E-state index contributed by atoms with van der Waals surface area (Å²) in [6.45, 7) is 1.81. The highest BCUT2D eigenvalue weighted by Gasteiger charge is 2.37. The Labute approximate surface area is 154 Å². The molecule has 0 aliphatic heterocycles. The van der Waals surface area contributed by atoms with Crippen LogP contribution in [0.15, 0.2) is 24.5 Å². The molecular weight excluding hydrogens is 357 g/mol. The topological polar surface area (TPSA) is 72.7 Å². The first kappa shape index (κ1) is 16.9. The number of carbonyl (C=O) groups excluding carboxylic acids is 1. The Morgan fingerprint density at radius 2 is 2.12 bits per heavy atom. The number of aryl methyl sites for hydroxylation is 2. The molecule has 1 saturated carbocycles. The molecule has 2 heterocycles. The van der Waals surface area contributed by atoms with Crippen LogP contribution >= 0.6 is 11.6 Å². The van der Waals surface area contributed by atoms with Crippen LogP contribution in [0.4, 0.5) is 4.39 Å². The van der Waals surface area contributed by atoms with E-state index in [1.807, 2.05) is 18.5 Å². The van der Waals surface area contributed by atoms with Gasteiger partial charge in [-0.05, 0) is 37.8 Å². The van der Waals surface area contributed by atoms with Gasteiger partial charge in [0.15, 0.2) is 0 Å². The summed E-state index contributed by atoms with van der Waals surface area (Å²) in [4.78, 5) is 25.4. The van der Waals surface area contributed by atoms with Crippen LogP contribution in [-0.4, -0.2) is 25.4 Å². The van der Waals surface area contributed by atoms with Crippen molar-refractivity contribution in [3.8, 4) is 0 Å². The summed E-state index contributed by atoms with van der Waals surface area (Å²) in [6, 6.07) is 2.68. The minimum Gasteiger partial charge on any atom is -0.340 e. The standard InChI is InChI=1S/C18H17ClFN5O/c1-9-7-22-12(8-21-9)18(26)24-15(10-3-4-10)17-23-16-13(25(17)2)6-5-11(20)14(16)19/h5-8,10,15H,3-4H2,1-2H3,(H,24,26)/t15-/m0/s1. The minimum absolute atomic E-state index is 0.00498. The molecule has 0 spiro atoms. The summed E-state index contributed by atoms with van der Waals surface area (Å²) in [5, 5.41) is 3.00. The molecule has 1 aliphatic rings. The molecule has 1 N–H and O–H groups in total. The molecule has 1 aromatic carbocycles. The zero-order valence-electron chi connectivity index (χ0n) is 14.3. The number of halogens is 2. The van der Waals surface area contributed by atoms with Gasteiger partial charge in [-0.2, -0.15) is 0 Å². The predicted molar refractivity (Wildman–Crippen MR) is 95.4 cm³/mol. The molecule has 134 valence electrons. The average molecular weight is 374 g/mol. The van der Waals surface area contributed by atoms with Gasteiger partial charge in [-0.15, -0.1) is 0 Å². The Kier molecular flexibility index (Phi) is 4.11. The number of hydrogen-bond donors (Lipinski definition) is 1. The van der Waals surface area contributed by atoms with Gasteiger partial charge in [-0.25, -0.2) is 14.4 Å². The average Bonchev–Trinajstić information content (AvgIpc) is 3.41. The number of fused-ring (bicyclic) bond motifs is 1. The Hall–Kier alpha value is -2.54. The second-order valence-corrected chi connectivity index (χ2v) is 6.97.